The molecule has 6 nitrogen and oxygen atoms in total. The Morgan fingerprint density at radius 1 is 1.07 bits per heavy atom. The Bertz CT molecular complexity index is 1090. The Morgan fingerprint density at radius 3 is 2.57 bits per heavy atom. The molecule has 28 heavy (non-hydrogen) atoms. The van der Waals surface area contributed by atoms with Crippen molar-refractivity contribution in [2.24, 2.45) is 0 Å². The molecule has 2 heterocycles. The minimum absolute atomic E-state index is 0.00230. The fourth-order valence-corrected chi connectivity index (χ4v) is 3.12. The van der Waals surface area contributed by atoms with Gasteiger partial charge in [-0.3, -0.25) is 15.0 Å². The second kappa shape index (κ2) is 7.25. The van der Waals surface area contributed by atoms with E-state index >= 15 is 0 Å². The number of benzene rings is 2. The number of methoxy groups -OCH3 is 1. The number of nitrogens with one attached hydrogen (secondary N) is 1. The van der Waals surface area contributed by atoms with E-state index in [4.69, 9.17) is 20.8 Å². The minimum atomic E-state index is -0.487. The number of nitrogens with zero attached hydrogens (tertiary/aromatic N) is 1. The van der Waals surface area contributed by atoms with E-state index < -0.39 is 11.8 Å². The Morgan fingerprint density at radius 2 is 1.86 bits per heavy atom. The smallest absolute Gasteiger partial charge is 0.282 e. The van der Waals surface area contributed by atoms with Gasteiger partial charge in [-0.25, -0.2) is 5.01 Å². The number of carbonyl (C=O) groups excluding carboxylic acids is 2. The number of carbonyl (C=O) groups is 2. The van der Waals surface area contributed by atoms with Crippen molar-refractivity contribution >= 4 is 35.2 Å². The molecule has 1 aliphatic rings. The Hall–Kier alpha value is -3.51. The third-order valence-corrected chi connectivity index (χ3v) is 4.55. The van der Waals surface area contributed by atoms with Crippen molar-refractivity contribution in [2.45, 2.75) is 0 Å². The van der Waals surface area contributed by atoms with Crippen molar-refractivity contribution in [2.75, 3.05) is 12.1 Å². The lowest BCUT2D eigenvalue weighted by Crippen LogP contribution is -2.35. The van der Waals surface area contributed by atoms with Crippen LogP contribution >= 0.6 is 11.6 Å². The van der Waals surface area contributed by atoms with Gasteiger partial charge in [0.15, 0.2) is 0 Å². The number of hydrogen-bond acceptors (Lipinski definition) is 4. The first kappa shape index (κ1) is 17.9. The molecule has 7 heteroatoms. The summed E-state index contributed by atoms with van der Waals surface area (Å²) in [4.78, 5) is 24.9. The maximum atomic E-state index is 12.6. The summed E-state index contributed by atoms with van der Waals surface area (Å²) in [6, 6.07) is 17.6. The average Bonchev–Trinajstić information content (AvgIpc) is 3.29. The van der Waals surface area contributed by atoms with Crippen LogP contribution in [-0.2, 0) is 9.59 Å². The Labute approximate surface area is 165 Å². The minimum Gasteiger partial charge on any atom is -0.495 e. The lowest BCUT2D eigenvalue weighted by Gasteiger charge is -2.13. The van der Waals surface area contributed by atoms with E-state index in [1.54, 1.807) is 55.6 Å². The maximum absolute atomic E-state index is 12.6. The van der Waals surface area contributed by atoms with Crippen LogP contribution in [0.5, 0.6) is 5.75 Å². The molecule has 0 radical (unpaired) electrons. The first-order valence-electron chi connectivity index (χ1n) is 8.43. The van der Waals surface area contributed by atoms with Crippen molar-refractivity contribution in [3.63, 3.8) is 0 Å². The van der Waals surface area contributed by atoms with Gasteiger partial charge >= 0.3 is 0 Å². The number of halogens is 1. The van der Waals surface area contributed by atoms with Crippen LogP contribution in [-0.4, -0.2) is 18.9 Å². The molecule has 1 aliphatic heterocycles. The molecule has 2 aromatic carbocycles. The van der Waals surface area contributed by atoms with Crippen molar-refractivity contribution in [1.82, 2.24) is 5.43 Å². The molecule has 1 N–H and O–H groups in total. The SMILES string of the molecule is COc1ccc(-c2ccc(/C=C3/C(=O)NN(c4ccccc4)C3=O)o2)cc1Cl. The molecule has 0 spiro atoms. The maximum Gasteiger partial charge on any atom is 0.282 e. The highest BCUT2D eigenvalue weighted by atomic mass is 35.5. The highest BCUT2D eigenvalue weighted by Crippen LogP contribution is 2.31. The molecule has 2 amide bonds. The van der Waals surface area contributed by atoms with Crippen molar-refractivity contribution in [3.8, 4) is 17.1 Å². The number of para-hydroxylation sites is 1. The summed E-state index contributed by atoms with van der Waals surface area (Å²) in [6.07, 6.45) is 1.43. The van der Waals surface area contributed by atoms with Crippen molar-refractivity contribution < 1.29 is 18.7 Å². The second-order valence-electron chi connectivity index (χ2n) is 6.03. The van der Waals surface area contributed by atoms with Gasteiger partial charge in [-0.05, 0) is 48.5 Å². The standard InChI is InChI=1S/C21H15ClN2O4/c1-27-19-9-7-13(11-17(19)22)18-10-8-15(28-18)12-16-20(25)23-24(21(16)26)14-5-3-2-4-6-14/h2-12H,1H3,(H,23,25)/b16-12-. The van der Waals surface area contributed by atoms with Gasteiger partial charge in [0.25, 0.3) is 11.8 Å². The lowest BCUT2D eigenvalue weighted by molar-refractivity contribution is -0.117. The zero-order chi connectivity index (χ0) is 19.7. The molecule has 0 aliphatic carbocycles. The summed E-state index contributed by atoms with van der Waals surface area (Å²) in [6.45, 7) is 0. The highest BCUT2D eigenvalue weighted by Gasteiger charge is 2.34. The zero-order valence-electron chi connectivity index (χ0n) is 14.8. The monoisotopic (exact) mass is 394 g/mol. The largest absolute Gasteiger partial charge is 0.495 e. The van der Waals surface area contributed by atoms with Crippen LogP contribution in [0, 0.1) is 0 Å². The highest BCUT2D eigenvalue weighted by molar-refractivity contribution is 6.32. The fourth-order valence-electron chi connectivity index (χ4n) is 2.86. The topological polar surface area (TPSA) is 71.8 Å². The molecule has 1 aromatic heterocycles. The van der Waals surface area contributed by atoms with Gasteiger partial charge in [0.05, 0.1) is 17.8 Å². The van der Waals surface area contributed by atoms with Crippen LogP contribution in [0.25, 0.3) is 17.4 Å². The van der Waals surface area contributed by atoms with E-state index in [9.17, 15) is 9.59 Å². The van der Waals surface area contributed by atoms with Crippen molar-refractivity contribution in [1.29, 1.82) is 0 Å². The summed E-state index contributed by atoms with van der Waals surface area (Å²) in [5.41, 5.74) is 3.88. The molecule has 1 saturated heterocycles. The Balaban J connectivity index is 1.61. The number of furan rings is 1. The van der Waals surface area contributed by atoms with Gasteiger partial charge in [0, 0.05) is 5.56 Å². The van der Waals surface area contributed by atoms with E-state index in [1.807, 2.05) is 12.1 Å². The Kier molecular flexibility index (Phi) is 4.63. The van der Waals surface area contributed by atoms with Crippen LogP contribution in [0.1, 0.15) is 5.76 Å². The third kappa shape index (κ3) is 3.25. The van der Waals surface area contributed by atoms with E-state index in [0.717, 1.165) is 5.56 Å². The van der Waals surface area contributed by atoms with Gasteiger partial charge in [0.1, 0.15) is 22.8 Å². The molecule has 0 atom stereocenters. The molecule has 4 rings (SSSR count). The molecule has 0 saturated carbocycles. The van der Waals surface area contributed by atoms with Crippen LogP contribution in [0.4, 0.5) is 5.69 Å². The summed E-state index contributed by atoms with van der Waals surface area (Å²) in [5, 5.41) is 1.67. The molecule has 1 fully saturated rings. The molecule has 0 bridgehead atoms. The lowest BCUT2D eigenvalue weighted by atomic mass is 10.1. The first-order chi connectivity index (χ1) is 13.6. The summed E-state index contributed by atoms with van der Waals surface area (Å²) in [5.74, 6) is 0.576. The van der Waals surface area contributed by atoms with Crippen molar-refractivity contribution in [3.05, 3.63) is 77.0 Å². The summed E-state index contributed by atoms with van der Waals surface area (Å²) in [7, 11) is 1.54. The summed E-state index contributed by atoms with van der Waals surface area (Å²) >= 11 is 6.15. The number of hydrazine groups is 1. The number of anilines is 1. The fraction of sp³-hybridized carbons (Fsp3) is 0.0476. The number of amides is 2. The molecule has 0 unspecified atom stereocenters. The quantitative estimate of drug-likeness (QED) is 0.535. The van der Waals surface area contributed by atoms with Gasteiger partial charge in [0.2, 0.25) is 0 Å². The average molecular weight is 395 g/mol. The predicted octanol–water partition coefficient (Wildman–Crippen LogP) is 4.07. The normalized spacial score (nSPS) is 15.2. The third-order valence-electron chi connectivity index (χ3n) is 4.26. The van der Waals surface area contributed by atoms with Crippen LogP contribution in [0.15, 0.2) is 70.7 Å². The van der Waals surface area contributed by atoms with E-state index in [1.165, 1.54) is 11.1 Å². The number of ether oxygens (including phenoxy) is 1. The molecule has 140 valence electrons. The zero-order valence-corrected chi connectivity index (χ0v) is 15.6. The van der Waals surface area contributed by atoms with Gasteiger partial charge in [-0.2, -0.15) is 0 Å². The second-order valence-corrected chi connectivity index (χ2v) is 6.43. The van der Waals surface area contributed by atoms with Crippen LogP contribution in [0.2, 0.25) is 5.02 Å². The van der Waals surface area contributed by atoms with Gasteiger partial charge in [-0.15, -0.1) is 0 Å². The number of rotatable bonds is 4. The van der Waals surface area contributed by atoms with E-state index in [2.05, 4.69) is 5.43 Å². The molecule has 3 aromatic rings. The molecular formula is C21H15ClN2O4. The predicted molar refractivity (Wildman–Crippen MR) is 106 cm³/mol. The van der Waals surface area contributed by atoms with E-state index in [0.29, 0.717) is 28.0 Å². The molecular weight excluding hydrogens is 380 g/mol. The number of hydrogen-bond donors (Lipinski definition) is 1. The van der Waals surface area contributed by atoms with Crippen LogP contribution < -0.4 is 15.2 Å². The first-order valence-corrected chi connectivity index (χ1v) is 8.80. The van der Waals surface area contributed by atoms with Crippen LogP contribution in [0.3, 0.4) is 0 Å². The summed E-state index contributed by atoms with van der Waals surface area (Å²) < 4.78 is 10.9. The van der Waals surface area contributed by atoms with E-state index in [-0.39, 0.29) is 5.57 Å². The van der Waals surface area contributed by atoms with Gasteiger partial charge in [-0.1, -0.05) is 29.8 Å². The van der Waals surface area contributed by atoms with Gasteiger partial charge < -0.3 is 9.15 Å².